The van der Waals surface area contributed by atoms with Crippen molar-refractivity contribution in [2.24, 2.45) is 0 Å². The zero-order valence-electron chi connectivity index (χ0n) is 16.0. The number of ether oxygens (including phenoxy) is 1. The van der Waals surface area contributed by atoms with Gasteiger partial charge in [-0.05, 0) is 51.3 Å². The first-order chi connectivity index (χ1) is 12.3. The summed E-state index contributed by atoms with van der Waals surface area (Å²) in [6, 6.07) is 5.63. The number of anilines is 1. The molecule has 0 fully saturated rings. The molecule has 0 aliphatic carbocycles. The van der Waals surface area contributed by atoms with E-state index in [1.54, 1.807) is 17.9 Å². The number of pyridine rings is 1. The second kappa shape index (κ2) is 8.19. The molecule has 0 aliphatic heterocycles. The second-order valence-corrected chi connectivity index (χ2v) is 6.50. The number of rotatable bonds is 7. The Morgan fingerprint density at radius 3 is 2.27 bits per heavy atom. The summed E-state index contributed by atoms with van der Waals surface area (Å²) in [4.78, 5) is 17.9. The number of aromatic carboxylic acids is 1. The first-order valence-corrected chi connectivity index (χ1v) is 8.64. The fraction of sp³-hybridized carbons (Fsp3) is 0.400. The van der Waals surface area contributed by atoms with Gasteiger partial charge in [-0.1, -0.05) is 24.6 Å². The Hall–Kier alpha value is -2.60. The third-order valence-electron chi connectivity index (χ3n) is 4.12. The first kappa shape index (κ1) is 19.7. The van der Waals surface area contributed by atoms with Crippen LogP contribution < -0.4 is 9.64 Å². The number of benzene rings is 1. The number of hydrogen-bond donors (Lipinski definition) is 2. The minimum Gasteiger partial charge on any atom is -0.477 e. The molecule has 0 bridgehead atoms. The van der Waals surface area contributed by atoms with Crippen LogP contribution in [0.25, 0.3) is 0 Å². The molecule has 2 aromatic rings. The van der Waals surface area contributed by atoms with Crippen molar-refractivity contribution in [1.29, 1.82) is 0 Å². The van der Waals surface area contributed by atoms with E-state index < -0.39 is 5.97 Å². The Morgan fingerprint density at radius 2 is 1.77 bits per heavy atom. The lowest BCUT2D eigenvalue weighted by atomic mass is 10.1. The maximum atomic E-state index is 12.0. The number of carboxylic acid groups (broad SMARTS) is 1. The minimum absolute atomic E-state index is 0.0390. The van der Waals surface area contributed by atoms with Crippen LogP contribution in [0.4, 0.5) is 5.69 Å². The van der Waals surface area contributed by atoms with Crippen LogP contribution in [0.5, 0.6) is 11.6 Å². The van der Waals surface area contributed by atoms with Gasteiger partial charge in [0.1, 0.15) is 18.0 Å². The molecule has 0 aliphatic rings. The molecule has 1 aromatic heterocycles. The van der Waals surface area contributed by atoms with Crippen LogP contribution in [0.3, 0.4) is 0 Å². The Labute approximate surface area is 154 Å². The van der Waals surface area contributed by atoms with E-state index in [1.165, 1.54) is 0 Å². The standard InChI is InChI=1S/C20H26N2O4/c1-6-7-22(11-23)16-10-15(5)21-19(17(16)20(24)25)26-18-13(3)8-12(2)9-14(18)4/h8-10,23H,6-7,11H2,1-5H3,(H,24,25). The third kappa shape index (κ3) is 4.14. The maximum absolute atomic E-state index is 12.0. The van der Waals surface area contributed by atoms with Gasteiger partial charge in [-0.3, -0.25) is 0 Å². The largest absolute Gasteiger partial charge is 0.477 e. The number of aryl methyl sites for hydroxylation is 4. The summed E-state index contributed by atoms with van der Waals surface area (Å²) in [5, 5.41) is 19.5. The second-order valence-electron chi connectivity index (χ2n) is 6.50. The van der Waals surface area contributed by atoms with Gasteiger partial charge in [-0.2, -0.15) is 0 Å². The molecule has 0 saturated heterocycles. The van der Waals surface area contributed by atoms with Crippen molar-refractivity contribution < 1.29 is 19.7 Å². The molecule has 0 saturated carbocycles. The van der Waals surface area contributed by atoms with Crippen LogP contribution in [0, 0.1) is 27.7 Å². The molecule has 0 amide bonds. The molecule has 2 rings (SSSR count). The lowest BCUT2D eigenvalue weighted by molar-refractivity contribution is 0.0693. The first-order valence-electron chi connectivity index (χ1n) is 8.64. The SMILES string of the molecule is CCCN(CO)c1cc(C)nc(Oc2c(C)cc(C)cc2C)c1C(=O)O. The van der Waals surface area contributed by atoms with Crippen LogP contribution >= 0.6 is 0 Å². The number of nitrogens with zero attached hydrogens (tertiary/aromatic N) is 2. The molecule has 0 spiro atoms. The fourth-order valence-corrected chi connectivity index (χ4v) is 3.11. The molecular formula is C20H26N2O4. The summed E-state index contributed by atoms with van der Waals surface area (Å²) in [5.41, 5.74) is 3.92. The van der Waals surface area contributed by atoms with Gasteiger partial charge in [-0.25, -0.2) is 9.78 Å². The Balaban J connectivity index is 2.62. The maximum Gasteiger partial charge on any atom is 0.343 e. The van der Waals surface area contributed by atoms with Gasteiger partial charge in [0.05, 0.1) is 5.69 Å². The normalized spacial score (nSPS) is 10.7. The average molecular weight is 358 g/mol. The topological polar surface area (TPSA) is 82.9 Å². The van der Waals surface area contributed by atoms with Crippen molar-refractivity contribution >= 4 is 11.7 Å². The third-order valence-corrected chi connectivity index (χ3v) is 4.12. The van der Waals surface area contributed by atoms with Gasteiger partial charge in [-0.15, -0.1) is 0 Å². The number of carbonyl (C=O) groups is 1. The van der Waals surface area contributed by atoms with Gasteiger partial charge >= 0.3 is 5.97 Å². The molecule has 1 aromatic carbocycles. The molecule has 0 unspecified atom stereocenters. The van der Waals surface area contributed by atoms with Crippen LogP contribution in [-0.2, 0) is 0 Å². The molecular weight excluding hydrogens is 332 g/mol. The van der Waals surface area contributed by atoms with Crippen LogP contribution in [-0.4, -0.2) is 34.4 Å². The van der Waals surface area contributed by atoms with Crippen molar-refractivity contribution in [2.75, 3.05) is 18.2 Å². The number of aliphatic hydroxyl groups is 1. The summed E-state index contributed by atoms with van der Waals surface area (Å²) >= 11 is 0. The smallest absolute Gasteiger partial charge is 0.343 e. The summed E-state index contributed by atoms with van der Waals surface area (Å²) in [7, 11) is 0. The van der Waals surface area contributed by atoms with Crippen molar-refractivity contribution in [2.45, 2.75) is 41.0 Å². The highest BCUT2D eigenvalue weighted by molar-refractivity contribution is 5.97. The Kier molecular flexibility index (Phi) is 6.21. The zero-order chi connectivity index (χ0) is 19.4. The van der Waals surface area contributed by atoms with Crippen molar-refractivity contribution in [3.05, 3.63) is 46.1 Å². The van der Waals surface area contributed by atoms with Crippen molar-refractivity contribution in [1.82, 2.24) is 4.98 Å². The van der Waals surface area contributed by atoms with Crippen LogP contribution in [0.15, 0.2) is 18.2 Å². The number of aromatic nitrogens is 1. The van der Waals surface area contributed by atoms with E-state index in [0.29, 0.717) is 23.7 Å². The molecule has 0 atom stereocenters. The summed E-state index contributed by atoms with van der Waals surface area (Å²) in [5.74, 6) is -0.496. The predicted molar refractivity (Wildman–Crippen MR) is 101 cm³/mol. The van der Waals surface area contributed by atoms with Crippen LogP contribution in [0.1, 0.15) is 46.1 Å². The van der Waals surface area contributed by atoms with Crippen LogP contribution in [0.2, 0.25) is 0 Å². The average Bonchev–Trinajstić information content (AvgIpc) is 2.54. The van der Waals surface area contributed by atoms with Crippen molar-refractivity contribution in [3.8, 4) is 11.6 Å². The molecule has 140 valence electrons. The number of aliphatic hydroxyl groups excluding tert-OH is 1. The molecule has 6 nitrogen and oxygen atoms in total. The highest BCUT2D eigenvalue weighted by Crippen LogP contribution is 2.35. The summed E-state index contributed by atoms with van der Waals surface area (Å²) < 4.78 is 5.98. The molecule has 0 radical (unpaired) electrons. The molecule has 6 heteroatoms. The Bertz CT molecular complexity index is 795. The molecule has 26 heavy (non-hydrogen) atoms. The molecule has 1 heterocycles. The summed E-state index contributed by atoms with van der Waals surface area (Å²) in [6.07, 6.45) is 0.771. The number of hydrogen-bond acceptors (Lipinski definition) is 5. The fourth-order valence-electron chi connectivity index (χ4n) is 3.11. The van der Waals surface area contributed by atoms with E-state index in [-0.39, 0.29) is 18.2 Å². The van der Waals surface area contributed by atoms with E-state index in [9.17, 15) is 15.0 Å². The highest BCUT2D eigenvalue weighted by Gasteiger charge is 2.24. The quantitative estimate of drug-likeness (QED) is 0.729. The minimum atomic E-state index is -1.14. The van der Waals surface area contributed by atoms with Gasteiger partial charge < -0.3 is 19.8 Å². The number of carboxylic acids is 1. The van der Waals surface area contributed by atoms with E-state index in [0.717, 1.165) is 23.1 Å². The van der Waals surface area contributed by atoms with Gasteiger partial charge in [0.15, 0.2) is 0 Å². The monoisotopic (exact) mass is 358 g/mol. The van der Waals surface area contributed by atoms with Gasteiger partial charge in [0.25, 0.3) is 0 Å². The van der Waals surface area contributed by atoms with Gasteiger partial charge in [0, 0.05) is 12.2 Å². The van der Waals surface area contributed by atoms with E-state index in [2.05, 4.69) is 4.98 Å². The lowest BCUT2D eigenvalue weighted by Crippen LogP contribution is -2.27. The predicted octanol–water partition coefficient (Wildman–Crippen LogP) is 3.97. The Morgan fingerprint density at radius 1 is 1.15 bits per heavy atom. The van der Waals surface area contributed by atoms with E-state index in [1.807, 2.05) is 39.8 Å². The van der Waals surface area contributed by atoms with E-state index in [4.69, 9.17) is 4.74 Å². The highest BCUT2D eigenvalue weighted by atomic mass is 16.5. The zero-order valence-corrected chi connectivity index (χ0v) is 16.0. The van der Waals surface area contributed by atoms with Gasteiger partial charge in [0.2, 0.25) is 5.88 Å². The molecule has 2 N–H and O–H groups in total. The van der Waals surface area contributed by atoms with E-state index >= 15 is 0 Å². The lowest BCUT2D eigenvalue weighted by Gasteiger charge is -2.25. The summed E-state index contributed by atoms with van der Waals surface area (Å²) in [6.45, 7) is 9.83. The van der Waals surface area contributed by atoms with Crippen molar-refractivity contribution in [3.63, 3.8) is 0 Å².